The van der Waals surface area contributed by atoms with Gasteiger partial charge in [0, 0.05) is 19.6 Å². The highest BCUT2D eigenvalue weighted by Crippen LogP contribution is 2.27. The van der Waals surface area contributed by atoms with Crippen molar-refractivity contribution in [2.45, 2.75) is 24.7 Å². The predicted molar refractivity (Wildman–Crippen MR) is 67.0 cm³/mol. The largest absolute Gasteiger partial charge is 0.368 e. The molecule has 104 valence electrons. The number of nitrogens with zero attached hydrogens (tertiary/aromatic N) is 2. The lowest BCUT2D eigenvalue weighted by Gasteiger charge is -2.44. The molecule has 1 amide bonds. The molecule has 2 rings (SSSR count). The van der Waals surface area contributed by atoms with E-state index < -0.39 is 5.54 Å². The van der Waals surface area contributed by atoms with Gasteiger partial charge in [-0.2, -0.15) is 0 Å². The normalized spacial score (nSPS) is 25.7. The molecular formula is C12H23N3O3. The molecular weight excluding hydrogens is 234 g/mol. The topological polar surface area (TPSA) is 68.0 Å². The lowest BCUT2D eigenvalue weighted by molar-refractivity contribution is -0.132. The third-order valence-electron chi connectivity index (χ3n) is 4.10. The highest BCUT2D eigenvalue weighted by Gasteiger charge is 2.42. The molecule has 0 unspecified atom stereocenters. The van der Waals surface area contributed by atoms with Crippen molar-refractivity contribution in [3.8, 4) is 0 Å². The average molecular weight is 257 g/mol. The van der Waals surface area contributed by atoms with Crippen LogP contribution in [0.1, 0.15) is 12.8 Å². The van der Waals surface area contributed by atoms with E-state index in [0.717, 1.165) is 32.5 Å². The number of rotatable bonds is 4. The number of piperidine rings is 1. The SMILES string of the molecule is CN(C)C1(C(N)=O)CCN(CC2OCCO2)CC1. The van der Waals surface area contributed by atoms with E-state index in [1.807, 2.05) is 19.0 Å². The Morgan fingerprint density at radius 1 is 1.33 bits per heavy atom. The Balaban J connectivity index is 1.87. The zero-order valence-corrected chi connectivity index (χ0v) is 11.2. The number of hydrogen-bond donors (Lipinski definition) is 1. The van der Waals surface area contributed by atoms with Gasteiger partial charge in [-0.3, -0.25) is 14.6 Å². The van der Waals surface area contributed by atoms with Crippen molar-refractivity contribution in [2.24, 2.45) is 5.73 Å². The van der Waals surface area contributed by atoms with Crippen molar-refractivity contribution in [1.82, 2.24) is 9.80 Å². The Morgan fingerprint density at radius 2 is 1.89 bits per heavy atom. The number of hydrogen-bond acceptors (Lipinski definition) is 5. The maximum Gasteiger partial charge on any atom is 0.238 e. The van der Waals surface area contributed by atoms with Gasteiger partial charge in [0.05, 0.1) is 13.2 Å². The van der Waals surface area contributed by atoms with Gasteiger partial charge in [0.15, 0.2) is 6.29 Å². The number of carbonyl (C=O) groups is 1. The summed E-state index contributed by atoms with van der Waals surface area (Å²) in [6.07, 6.45) is 1.43. The summed E-state index contributed by atoms with van der Waals surface area (Å²) in [4.78, 5) is 15.9. The number of likely N-dealkylation sites (N-methyl/N-ethyl adjacent to an activating group) is 1. The first-order valence-electron chi connectivity index (χ1n) is 6.47. The standard InChI is InChI=1S/C12H23N3O3/c1-14(2)12(11(13)16)3-5-15(6-4-12)9-10-17-7-8-18-10/h10H,3-9H2,1-2H3,(H2,13,16). The molecule has 0 radical (unpaired) electrons. The Hall–Kier alpha value is -0.690. The zero-order valence-electron chi connectivity index (χ0n) is 11.2. The van der Waals surface area contributed by atoms with Crippen LogP contribution in [-0.2, 0) is 14.3 Å². The van der Waals surface area contributed by atoms with Crippen LogP contribution in [0.3, 0.4) is 0 Å². The summed E-state index contributed by atoms with van der Waals surface area (Å²) in [5.74, 6) is -0.222. The van der Waals surface area contributed by atoms with Crippen molar-refractivity contribution in [3.05, 3.63) is 0 Å². The molecule has 0 aromatic heterocycles. The van der Waals surface area contributed by atoms with Gasteiger partial charge in [0.25, 0.3) is 0 Å². The second kappa shape index (κ2) is 5.52. The molecule has 6 heteroatoms. The third-order valence-corrected chi connectivity index (χ3v) is 4.10. The molecule has 2 N–H and O–H groups in total. The molecule has 0 aromatic rings. The van der Waals surface area contributed by atoms with Crippen LogP contribution in [0.5, 0.6) is 0 Å². The molecule has 6 nitrogen and oxygen atoms in total. The first kappa shape index (κ1) is 13.7. The van der Waals surface area contributed by atoms with Crippen molar-refractivity contribution in [2.75, 3.05) is 46.9 Å². The lowest BCUT2D eigenvalue weighted by atomic mass is 9.85. The molecule has 0 spiro atoms. The molecule has 2 fully saturated rings. The second-order valence-corrected chi connectivity index (χ2v) is 5.26. The maximum absolute atomic E-state index is 11.7. The van der Waals surface area contributed by atoms with E-state index in [-0.39, 0.29) is 12.2 Å². The van der Waals surface area contributed by atoms with E-state index in [1.165, 1.54) is 0 Å². The Kier molecular flexibility index (Phi) is 4.21. The smallest absolute Gasteiger partial charge is 0.238 e. The number of carbonyl (C=O) groups excluding carboxylic acids is 1. The molecule has 2 aliphatic rings. The van der Waals surface area contributed by atoms with Gasteiger partial charge in [-0.25, -0.2) is 0 Å². The Morgan fingerprint density at radius 3 is 2.33 bits per heavy atom. The molecule has 2 saturated heterocycles. The number of primary amides is 1. The molecule has 0 bridgehead atoms. The number of amides is 1. The third kappa shape index (κ3) is 2.66. The second-order valence-electron chi connectivity index (χ2n) is 5.26. The molecule has 0 atom stereocenters. The molecule has 2 aliphatic heterocycles. The molecule has 0 aromatic carbocycles. The van der Waals surface area contributed by atoms with Gasteiger partial charge in [-0.05, 0) is 26.9 Å². The van der Waals surface area contributed by atoms with Gasteiger partial charge in [0.1, 0.15) is 5.54 Å². The average Bonchev–Trinajstić information content (AvgIpc) is 2.82. The lowest BCUT2D eigenvalue weighted by Crippen LogP contribution is -2.60. The van der Waals surface area contributed by atoms with Gasteiger partial charge < -0.3 is 15.2 Å². The van der Waals surface area contributed by atoms with Crippen molar-refractivity contribution in [1.29, 1.82) is 0 Å². The Bertz CT molecular complexity index is 295. The van der Waals surface area contributed by atoms with Gasteiger partial charge in [-0.1, -0.05) is 0 Å². The fourth-order valence-corrected chi connectivity index (χ4v) is 2.74. The first-order chi connectivity index (χ1) is 8.54. The molecule has 0 saturated carbocycles. The van der Waals surface area contributed by atoms with Crippen LogP contribution >= 0.6 is 0 Å². The van der Waals surface area contributed by atoms with E-state index in [9.17, 15) is 4.79 Å². The summed E-state index contributed by atoms with van der Waals surface area (Å²) in [6, 6.07) is 0. The Labute approximate surface area is 108 Å². The van der Waals surface area contributed by atoms with Crippen LogP contribution in [0.25, 0.3) is 0 Å². The molecule has 2 heterocycles. The van der Waals surface area contributed by atoms with Crippen LogP contribution in [0.4, 0.5) is 0 Å². The number of likely N-dealkylation sites (tertiary alicyclic amines) is 1. The number of ether oxygens (including phenoxy) is 2. The zero-order chi connectivity index (χ0) is 13.2. The van der Waals surface area contributed by atoms with Crippen molar-refractivity contribution < 1.29 is 14.3 Å². The number of nitrogens with two attached hydrogens (primary N) is 1. The van der Waals surface area contributed by atoms with E-state index in [1.54, 1.807) is 0 Å². The monoisotopic (exact) mass is 257 g/mol. The van der Waals surface area contributed by atoms with E-state index in [0.29, 0.717) is 13.2 Å². The van der Waals surface area contributed by atoms with Gasteiger partial charge >= 0.3 is 0 Å². The molecule has 18 heavy (non-hydrogen) atoms. The quantitative estimate of drug-likeness (QED) is 0.717. The van der Waals surface area contributed by atoms with Gasteiger partial charge in [0.2, 0.25) is 5.91 Å². The summed E-state index contributed by atoms with van der Waals surface area (Å²) in [6.45, 7) is 3.85. The highest BCUT2D eigenvalue weighted by molar-refractivity contribution is 5.84. The summed E-state index contributed by atoms with van der Waals surface area (Å²) in [7, 11) is 3.84. The first-order valence-corrected chi connectivity index (χ1v) is 6.47. The summed E-state index contributed by atoms with van der Waals surface area (Å²) in [5.41, 5.74) is 5.07. The fraction of sp³-hybridized carbons (Fsp3) is 0.917. The predicted octanol–water partition coefficient (Wildman–Crippen LogP) is -0.759. The molecule has 0 aliphatic carbocycles. The van der Waals surface area contributed by atoms with E-state index >= 15 is 0 Å². The van der Waals surface area contributed by atoms with Crippen molar-refractivity contribution in [3.63, 3.8) is 0 Å². The van der Waals surface area contributed by atoms with Crippen LogP contribution in [0, 0.1) is 0 Å². The highest BCUT2D eigenvalue weighted by atomic mass is 16.7. The van der Waals surface area contributed by atoms with Crippen molar-refractivity contribution >= 4 is 5.91 Å². The van der Waals surface area contributed by atoms with Crippen LogP contribution in [-0.4, -0.2) is 74.5 Å². The maximum atomic E-state index is 11.7. The summed E-state index contributed by atoms with van der Waals surface area (Å²) >= 11 is 0. The van der Waals surface area contributed by atoms with E-state index in [4.69, 9.17) is 15.2 Å². The van der Waals surface area contributed by atoms with Gasteiger partial charge in [-0.15, -0.1) is 0 Å². The van der Waals surface area contributed by atoms with E-state index in [2.05, 4.69) is 4.90 Å². The summed E-state index contributed by atoms with van der Waals surface area (Å²) in [5, 5.41) is 0. The fourth-order valence-electron chi connectivity index (χ4n) is 2.74. The van der Waals surface area contributed by atoms with Crippen LogP contribution in [0.2, 0.25) is 0 Å². The van der Waals surface area contributed by atoms with Crippen LogP contribution in [0.15, 0.2) is 0 Å². The van der Waals surface area contributed by atoms with Crippen LogP contribution < -0.4 is 5.73 Å². The minimum Gasteiger partial charge on any atom is -0.368 e. The summed E-state index contributed by atoms with van der Waals surface area (Å²) < 4.78 is 10.9. The minimum absolute atomic E-state index is 0.106. The minimum atomic E-state index is -0.492.